The molecule has 0 saturated heterocycles. The number of esters is 1. The second kappa shape index (κ2) is 8.47. The summed E-state index contributed by atoms with van der Waals surface area (Å²) in [6, 6.07) is 13.1. The van der Waals surface area contributed by atoms with Gasteiger partial charge in [0, 0.05) is 17.1 Å². The number of amides is 1. The van der Waals surface area contributed by atoms with Crippen molar-refractivity contribution in [2.24, 2.45) is 0 Å². The Hall–Kier alpha value is -2.37. The SMILES string of the molecule is COC(=O)c1ccc(C(=O)NCCC(O)c2cccc(Cl)c2)cc1. The predicted molar refractivity (Wildman–Crippen MR) is 91.1 cm³/mol. The summed E-state index contributed by atoms with van der Waals surface area (Å²) < 4.78 is 4.60. The Morgan fingerprint density at radius 3 is 2.46 bits per heavy atom. The van der Waals surface area contributed by atoms with Gasteiger partial charge in [-0.05, 0) is 48.4 Å². The minimum atomic E-state index is -0.703. The van der Waals surface area contributed by atoms with Crippen LogP contribution in [0.15, 0.2) is 48.5 Å². The van der Waals surface area contributed by atoms with Crippen LogP contribution in [0.3, 0.4) is 0 Å². The van der Waals surface area contributed by atoms with E-state index in [1.807, 2.05) is 0 Å². The first-order valence-electron chi connectivity index (χ1n) is 7.41. The standard InChI is InChI=1S/C18H18ClNO4/c1-24-18(23)13-7-5-12(6-8-13)17(22)20-10-9-16(21)14-3-2-4-15(19)11-14/h2-8,11,16,21H,9-10H2,1H3,(H,20,22). The Morgan fingerprint density at radius 2 is 1.83 bits per heavy atom. The molecule has 0 aliphatic heterocycles. The molecule has 5 nitrogen and oxygen atoms in total. The number of carbonyl (C=O) groups is 2. The maximum atomic E-state index is 12.0. The zero-order valence-electron chi connectivity index (χ0n) is 13.2. The zero-order valence-corrected chi connectivity index (χ0v) is 13.9. The third-order valence-corrected chi connectivity index (χ3v) is 3.74. The molecule has 2 N–H and O–H groups in total. The number of aliphatic hydroxyl groups excluding tert-OH is 1. The van der Waals surface area contributed by atoms with E-state index in [-0.39, 0.29) is 5.91 Å². The molecule has 24 heavy (non-hydrogen) atoms. The van der Waals surface area contributed by atoms with Crippen molar-refractivity contribution in [3.8, 4) is 0 Å². The number of hydrogen-bond donors (Lipinski definition) is 2. The van der Waals surface area contributed by atoms with Crippen molar-refractivity contribution < 1.29 is 19.4 Å². The summed E-state index contributed by atoms with van der Waals surface area (Å²) in [5.74, 6) is -0.726. The number of methoxy groups -OCH3 is 1. The van der Waals surface area contributed by atoms with Gasteiger partial charge in [0.2, 0.25) is 0 Å². The summed E-state index contributed by atoms with van der Waals surface area (Å²) in [4.78, 5) is 23.4. The number of carbonyl (C=O) groups excluding carboxylic acids is 2. The normalized spacial score (nSPS) is 11.6. The molecule has 2 aromatic carbocycles. The van der Waals surface area contributed by atoms with E-state index in [2.05, 4.69) is 10.1 Å². The number of benzene rings is 2. The number of halogens is 1. The summed E-state index contributed by atoms with van der Waals surface area (Å²) >= 11 is 5.89. The Labute approximate surface area is 145 Å². The molecule has 1 unspecified atom stereocenters. The van der Waals surface area contributed by atoms with Crippen molar-refractivity contribution in [3.05, 3.63) is 70.2 Å². The fourth-order valence-electron chi connectivity index (χ4n) is 2.18. The van der Waals surface area contributed by atoms with E-state index < -0.39 is 12.1 Å². The molecule has 6 heteroatoms. The first-order valence-corrected chi connectivity index (χ1v) is 7.79. The van der Waals surface area contributed by atoms with Crippen LogP contribution >= 0.6 is 11.6 Å². The molecule has 0 aliphatic carbocycles. The number of rotatable bonds is 6. The van der Waals surface area contributed by atoms with Crippen LogP contribution in [0, 0.1) is 0 Å². The Balaban J connectivity index is 1.85. The van der Waals surface area contributed by atoms with E-state index in [0.29, 0.717) is 34.7 Å². The van der Waals surface area contributed by atoms with Gasteiger partial charge in [0.05, 0.1) is 18.8 Å². The van der Waals surface area contributed by atoms with Crippen molar-refractivity contribution in [1.82, 2.24) is 5.32 Å². The predicted octanol–water partition coefficient (Wildman–Crippen LogP) is 2.98. The average molecular weight is 348 g/mol. The fourth-order valence-corrected chi connectivity index (χ4v) is 2.38. The lowest BCUT2D eigenvalue weighted by molar-refractivity contribution is 0.0600. The van der Waals surface area contributed by atoms with Gasteiger partial charge in [-0.3, -0.25) is 4.79 Å². The molecule has 0 radical (unpaired) electrons. The molecule has 1 amide bonds. The smallest absolute Gasteiger partial charge is 0.337 e. The zero-order chi connectivity index (χ0) is 17.5. The summed E-state index contributed by atoms with van der Waals surface area (Å²) in [6.45, 7) is 0.311. The van der Waals surface area contributed by atoms with Gasteiger partial charge < -0.3 is 15.2 Å². The van der Waals surface area contributed by atoms with Gasteiger partial charge in [0.25, 0.3) is 5.91 Å². The molecular weight excluding hydrogens is 330 g/mol. The second-order valence-corrected chi connectivity index (χ2v) is 5.62. The van der Waals surface area contributed by atoms with Crippen LogP contribution in [0.5, 0.6) is 0 Å². The highest BCUT2D eigenvalue weighted by molar-refractivity contribution is 6.30. The molecule has 0 saturated carbocycles. The van der Waals surface area contributed by atoms with E-state index in [4.69, 9.17) is 11.6 Å². The van der Waals surface area contributed by atoms with Crippen molar-refractivity contribution in [3.63, 3.8) is 0 Å². The maximum absolute atomic E-state index is 12.0. The van der Waals surface area contributed by atoms with Gasteiger partial charge in [-0.1, -0.05) is 23.7 Å². The lowest BCUT2D eigenvalue weighted by atomic mass is 10.1. The number of hydrogen-bond acceptors (Lipinski definition) is 4. The first kappa shape index (κ1) is 18.0. The molecule has 0 aromatic heterocycles. The highest BCUT2D eigenvalue weighted by Gasteiger charge is 2.11. The molecule has 0 heterocycles. The summed E-state index contributed by atoms with van der Waals surface area (Å²) in [5, 5.41) is 13.4. The Kier molecular flexibility index (Phi) is 6.35. The molecule has 0 spiro atoms. The van der Waals surface area contributed by atoms with E-state index in [1.54, 1.807) is 36.4 Å². The summed E-state index contributed by atoms with van der Waals surface area (Å²) in [7, 11) is 1.30. The third kappa shape index (κ3) is 4.81. The highest BCUT2D eigenvalue weighted by Crippen LogP contribution is 2.19. The van der Waals surface area contributed by atoms with Crippen molar-refractivity contribution in [1.29, 1.82) is 0 Å². The van der Waals surface area contributed by atoms with E-state index in [9.17, 15) is 14.7 Å². The van der Waals surface area contributed by atoms with Gasteiger partial charge in [-0.25, -0.2) is 4.79 Å². The third-order valence-electron chi connectivity index (χ3n) is 3.50. The number of nitrogens with one attached hydrogen (secondary N) is 1. The van der Waals surface area contributed by atoms with Crippen LogP contribution < -0.4 is 5.32 Å². The first-order chi connectivity index (χ1) is 11.5. The average Bonchev–Trinajstić information content (AvgIpc) is 2.61. The molecule has 2 rings (SSSR count). The Morgan fingerprint density at radius 1 is 1.17 bits per heavy atom. The summed E-state index contributed by atoms with van der Waals surface area (Å²) in [6.07, 6.45) is -0.336. The van der Waals surface area contributed by atoms with Crippen LogP contribution in [0.25, 0.3) is 0 Å². The van der Waals surface area contributed by atoms with Crippen LogP contribution in [0.4, 0.5) is 0 Å². The van der Waals surface area contributed by atoms with Crippen molar-refractivity contribution in [2.45, 2.75) is 12.5 Å². The van der Waals surface area contributed by atoms with E-state index >= 15 is 0 Å². The van der Waals surface area contributed by atoms with Crippen LogP contribution in [-0.4, -0.2) is 30.6 Å². The van der Waals surface area contributed by atoms with Gasteiger partial charge in [0.1, 0.15) is 0 Å². The van der Waals surface area contributed by atoms with E-state index in [1.165, 1.54) is 19.2 Å². The monoisotopic (exact) mass is 347 g/mol. The van der Waals surface area contributed by atoms with Gasteiger partial charge in [0.15, 0.2) is 0 Å². The van der Waals surface area contributed by atoms with E-state index in [0.717, 1.165) is 0 Å². The molecule has 0 bridgehead atoms. The largest absolute Gasteiger partial charge is 0.465 e. The van der Waals surface area contributed by atoms with Crippen molar-refractivity contribution >= 4 is 23.5 Å². The van der Waals surface area contributed by atoms with Crippen LogP contribution in [-0.2, 0) is 4.74 Å². The topological polar surface area (TPSA) is 75.6 Å². The molecule has 126 valence electrons. The van der Waals surface area contributed by atoms with Gasteiger partial charge in [-0.2, -0.15) is 0 Å². The fraction of sp³-hybridized carbons (Fsp3) is 0.222. The number of ether oxygens (including phenoxy) is 1. The molecule has 2 aromatic rings. The lowest BCUT2D eigenvalue weighted by Crippen LogP contribution is -2.25. The number of aliphatic hydroxyl groups is 1. The summed E-state index contributed by atoms with van der Waals surface area (Å²) in [5.41, 5.74) is 1.52. The maximum Gasteiger partial charge on any atom is 0.337 e. The van der Waals surface area contributed by atoms with Crippen LogP contribution in [0.1, 0.15) is 38.8 Å². The molecular formula is C18H18ClNO4. The minimum Gasteiger partial charge on any atom is -0.465 e. The quantitative estimate of drug-likeness (QED) is 0.788. The minimum absolute atomic E-state index is 0.273. The van der Waals surface area contributed by atoms with Gasteiger partial charge >= 0.3 is 5.97 Å². The molecule has 1 atom stereocenters. The van der Waals surface area contributed by atoms with Crippen molar-refractivity contribution in [2.75, 3.05) is 13.7 Å². The van der Waals surface area contributed by atoms with Gasteiger partial charge in [-0.15, -0.1) is 0 Å². The van der Waals surface area contributed by atoms with Crippen LogP contribution in [0.2, 0.25) is 5.02 Å². The lowest BCUT2D eigenvalue weighted by Gasteiger charge is -2.12. The second-order valence-electron chi connectivity index (χ2n) is 5.18. The highest BCUT2D eigenvalue weighted by atomic mass is 35.5. The Bertz CT molecular complexity index is 715. The molecule has 0 aliphatic rings. The molecule has 0 fully saturated rings.